The minimum atomic E-state index is -1.12. The van der Waals surface area contributed by atoms with Crippen LogP contribution in [0.2, 0.25) is 0 Å². The number of rotatable bonds is 5. The predicted molar refractivity (Wildman–Crippen MR) is 106 cm³/mol. The molecule has 1 aromatic rings. The fourth-order valence-electron chi connectivity index (χ4n) is 5.12. The zero-order valence-electron chi connectivity index (χ0n) is 16.1. The molecule has 1 fully saturated rings. The molecule has 150 valence electrons. The van der Waals surface area contributed by atoms with Gasteiger partial charge in [0.15, 0.2) is 0 Å². The number of hydrogen-bond acceptors (Lipinski definition) is 5. The first-order valence-corrected chi connectivity index (χ1v) is 10.7. The van der Waals surface area contributed by atoms with E-state index >= 15 is 0 Å². The van der Waals surface area contributed by atoms with E-state index in [9.17, 15) is 19.5 Å². The summed E-state index contributed by atoms with van der Waals surface area (Å²) in [5.41, 5.74) is 0.328. The molecule has 4 atom stereocenters. The van der Waals surface area contributed by atoms with Gasteiger partial charge in [-0.25, -0.2) is 4.79 Å². The van der Waals surface area contributed by atoms with E-state index in [-0.39, 0.29) is 24.3 Å². The minimum absolute atomic E-state index is 0.0771. The monoisotopic (exact) mass is 403 g/mol. The van der Waals surface area contributed by atoms with Gasteiger partial charge in [-0.15, -0.1) is 11.3 Å². The summed E-state index contributed by atoms with van der Waals surface area (Å²) in [6, 6.07) is 0. The molecule has 0 aromatic carbocycles. The number of anilines is 1. The Labute approximate surface area is 168 Å². The van der Waals surface area contributed by atoms with Crippen LogP contribution in [0.1, 0.15) is 53.9 Å². The molecule has 1 saturated carbocycles. The van der Waals surface area contributed by atoms with E-state index in [0.717, 1.165) is 36.1 Å². The van der Waals surface area contributed by atoms with Crippen LogP contribution in [0.3, 0.4) is 0 Å². The Morgan fingerprint density at radius 1 is 1.29 bits per heavy atom. The van der Waals surface area contributed by atoms with Gasteiger partial charge in [-0.3, -0.25) is 9.59 Å². The summed E-state index contributed by atoms with van der Waals surface area (Å²) in [6.45, 7) is 3.69. The average molecular weight is 404 g/mol. The van der Waals surface area contributed by atoms with Crippen LogP contribution in [0, 0.1) is 23.2 Å². The first-order valence-electron chi connectivity index (χ1n) is 9.92. The number of aliphatic carboxylic acids is 1. The van der Waals surface area contributed by atoms with Gasteiger partial charge in [0, 0.05) is 4.88 Å². The van der Waals surface area contributed by atoms with Gasteiger partial charge in [-0.1, -0.05) is 12.2 Å². The second kappa shape index (κ2) is 7.03. The first-order chi connectivity index (χ1) is 13.4. The van der Waals surface area contributed by atoms with Gasteiger partial charge in [0.2, 0.25) is 5.91 Å². The van der Waals surface area contributed by atoms with Crippen LogP contribution in [0.25, 0.3) is 0 Å². The standard InChI is InChI=1S/C21H25NO5S/c1-3-27-19(24)15-13-6-4-5-7-14(13)28-18(15)22-17(23)16-11-8-9-12(10-11)21(16,2)20(25)26/h8-9,11-12,16H,3-7,10H2,1-2H3,(H,22,23)(H,25,26)/t11-,12-,16+,21+/m0/s1. The molecule has 0 radical (unpaired) electrons. The molecular weight excluding hydrogens is 378 g/mol. The Kier molecular flexibility index (Phi) is 4.81. The maximum absolute atomic E-state index is 13.2. The van der Waals surface area contributed by atoms with Gasteiger partial charge < -0.3 is 15.2 Å². The average Bonchev–Trinajstić information content (AvgIpc) is 3.33. The van der Waals surface area contributed by atoms with Crippen LogP contribution in [-0.4, -0.2) is 29.6 Å². The maximum Gasteiger partial charge on any atom is 0.341 e. The molecule has 2 N–H and O–H groups in total. The Morgan fingerprint density at radius 2 is 2.04 bits per heavy atom. The zero-order valence-corrected chi connectivity index (χ0v) is 16.9. The van der Waals surface area contributed by atoms with Crippen molar-refractivity contribution in [2.24, 2.45) is 23.2 Å². The van der Waals surface area contributed by atoms with Gasteiger partial charge in [0.25, 0.3) is 0 Å². The van der Waals surface area contributed by atoms with E-state index < -0.39 is 23.3 Å². The molecule has 1 amide bonds. The number of esters is 1. The highest BCUT2D eigenvalue weighted by atomic mass is 32.1. The number of nitrogens with one attached hydrogen (secondary N) is 1. The van der Waals surface area contributed by atoms with Crippen molar-refractivity contribution in [3.05, 3.63) is 28.2 Å². The molecule has 6 nitrogen and oxygen atoms in total. The lowest BCUT2D eigenvalue weighted by Gasteiger charge is -2.33. The number of ether oxygens (including phenoxy) is 1. The number of carboxylic acids is 1. The fourth-order valence-corrected chi connectivity index (χ4v) is 6.40. The summed E-state index contributed by atoms with van der Waals surface area (Å²) in [5.74, 6) is -2.52. The quantitative estimate of drug-likeness (QED) is 0.578. The number of hydrogen-bond donors (Lipinski definition) is 2. The zero-order chi connectivity index (χ0) is 20.1. The molecular formula is C21H25NO5S. The molecule has 3 aliphatic rings. The normalized spacial score (nSPS) is 30.1. The molecule has 7 heteroatoms. The third-order valence-electron chi connectivity index (χ3n) is 6.59. The van der Waals surface area contributed by atoms with E-state index in [1.54, 1.807) is 13.8 Å². The molecule has 1 aromatic heterocycles. The molecule has 1 heterocycles. The number of thiophene rings is 1. The Morgan fingerprint density at radius 3 is 2.75 bits per heavy atom. The Balaban J connectivity index is 1.67. The number of amides is 1. The van der Waals surface area contributed by atoms with Crippen molar-refractivity contribution in [2.75, 3.05) is 11.9 Å². The smallest absolute Gasteiger partial charge is 0.341 e. The predicted octanol–water partition coefficient (Wildman–Crippen LogP) is 3.66. The lowest BCUT2D eigenvalue weighted by atomic mass is 9.69. The van der Waals surface area contributed by atoms with Crippen LogP contribution < -0.4 is 5.32 Å². The maximum atomic E-state index is 13.2. The van der Waals surface area contributed by atoms with Gasteiger partial charge in [-0.2, -0.15) is 0 Å². The Bertz CT molecular complexity index is 872. The number of aryl methyl sites for hydroxylation is 1. The molecule has 28 heavy (non-hydrogen) atoms. The fraction of sp³-hybridized carbons (Fsp3) is 0.571. The van der Waals surface area contributed by atoms with Crippen molar-refractivity contribution < 1.29 is 24.2 Å². The largest absolute Gasteiger partial charge is 0.481 e. The van der Waals surface area contributed by atoms with Gasteiger partial charge in [-0.05, 0) is 63.4 Å². The second-order valence-corrected chi connectivity index (χ2v) is 9.19. The highest BCUT2D eigenvalue weighted by Gasteiger charge is 2.60. The molecule has 0 saturated heterocycles. The van der Waals surface area contributed by atoms with Crippen LogP contribution in [0.4, 0.5) is 5.00 Å². The van der Waals surface area contributed by atoms with Crippen molar-refractivity contribution in [2.45, 2.75) is 46.0 Å². The van der Waals surface area contributed by atoms with E-state index in [1.165, 1.54) is 11.3 Å². The highest BCUT2D eigenvalue weighted by molar-refractivity contribution is 7.17. The van der Waals surface area contributed by atoms with E-state index in [2.05, 4.69) is 5.32 Å². The number of carbonyl (C=O) groups excluding carboxylic acids is 2. The van der Waals surface area contributed by atoms with Crippen LogP contribution in [0.15, 0.2) is 12.2 Å². The van der Waals surface area contributed by atoms with Crippen molar-refractivity contribution >= 4 is 34.2 Å². The van der Waals surface area contributed by atoms with Gasteiger partial charge in [0.1, 0.15) is 5.00 Å². The number of carboxylic acid groups (broad SMARTS) is 1. The number of allylic oxidation sites excluding steroid dienone is 2. The first kappa shape index (κ1) is 19.2. The highest BCUT2D eigenvalue weighted by Crippen LogP contribution is 2.56. The number of carbonyl (C=O) groups is 3. The molecule has 0 aliphatic heterocycles. The summed E-state index contributed by atoms with van der Waals surface area (Å²) in [7, 11) is 0. The van der Waals surface area contributed by atoms with E-state index in [0.29, 0.717) is 17.0 Å². The van der Waals surface area contributed by atoms with Crippen molar-refractivity contribution in [3.63, 3.8) is 0 Å². The third-order valence-corrected chi connectivity index (χ3v) is 7.80. The van der Waals surface area contributed by atoms with E-state index in [1.807, 2.05) is 12.2 Å². The van der Waals surface area contributed by atoms with Gasteiger partial charge >= 0.3 is 11.9 Å². The lowest BCUT2D eigenvalue weighted by molar-refractivity contribution is -0.155. The van der Waals surface area contributed by atoms with E-state index in [4.69, 9.17) is 4.74 Å². The SMILES string of the molecule is CCOC(=O)c1c(NC(=O)[C@H]2[C@H]3C=C[C@@H](C3)[C@@]2(C)C(=O)O)sc2c1CCCC2. The topological polar surface area (TPSA) is 92.7 Å². The Hall–Kier alpha value is -2.15. The second-order valence-electron chi connectivity index (χ2n) is 8.08. The third kappa shape index (κ3) is 2.79. The molecule has 2 bridgehead atoms. The van der Waals surface area contributed by atoms with Crippen molar-refractivity contribution in [1.82, 2.24) is 0 Å². The van der Waals surface area contributed by atoms with Crippen molar-refractivity contribution in [3.8, 4) is 0 Å². The summed E-state index contributed by atoms with van der Waals surface area (Å²) in [5, 5.41) is 13.3. The van der Waals surface area contributed by atoms with Crippen LogP contribution in [-0.2, 0) is 27.2 Å². The molecule has 0 spiro atoms. The van der Waals surface area contributed by atoms with Crippen molar-refractivity contribution in [1.29, 1.82) is 0 Å². The molecule has 3 aliphatic carbocycles. The molecule has 4 rings (SSSR count). The summed E-state index contributed by atoms with van der Waals surface area (Å²) in [4.78, 5) is 38.9. The van der Waals surface area contributed by atoms with Gasteiger partial charge in [0.05, 0.1) is 23.5 Å². The lowest BCUT2D eigenvalue weighted by Crippen LogP contribution is -2.45. The van der Waals surface area contributed by atoms with Crippen LogP contribution >= 0.6 is 11.3 Å². The summed E-state index contributed by atoms with van der Waals surface area (Å²) >= 11 is 1.43. The number of fused-ring (bicyclic) bond motifs is 3. The summed E-state index contributed by atoms with van der Waals surface area (Å²) in [6.07, 6.45) is 8.36. The molecule has 0 unspecified atom stereocenters. The minimum Gasteiger partial charge on any atom is -0.481 e. The van der Waals surface area contributed by atoms with Crippen LogP contribution in [0.5, 0.6) is 0 Å². The summed E-state index contributed by atoms with van der Waals surface area (Å²) < 4.78 is 5.24.